The molecule has 12 heteroatoms. The van der Waals surface area contributed by atoms with E-state index in [0.29, 0.717) is 19.4 Å². The van der Waals surface area contributed by atoms with Gasteiger partial charge in [-0.15, -0.1) is 0 Å². The highest BCUT2D eigenvalue weighted by Crippen LogP contribution is 2.20. The van der Waals surface area contributed by atoms with Gasteiger partial charge in [-0.1, -0.05) is 56.3 Å². The second kappa shape index (κ2) is 18.9. The number of amides is 5. The fraction of sp³-hybridized carbons (Fsp3) is 0.541. The average molecular weight is 677 g/mol. The number of hydrogen-bond donors (Lipinski definition) is 4. The molecule has 2 aliphatic rings. The van der Waals surface area contributed by atoms with Crippen molar-refractivity contribution in [2.45, 2.75) is 76.9 Å². The van der Waals surface area contributed by atoms with Crippen LogP contribution in [0.2, 0.25) is 0 Å². The normalized spacial score (nSPS) is 21.6. The first-order valence-electron chi connectivity index (χ1n) is 17.5. The summed E-state index contributed by atoms with van der Waals surface area (Å²) >= 11 is 0. The Morgan fingerprint density at radius 3 is 2.37 bits per heavy atom. The maximum absolute atomic E-state index is 13.7. The summed E-state index contributed by atoms with van der Waals surface area (Å²) in [5.74, 6) is -2.12. The van der Waals surface area contributed by atoms with E-state index >= 15 is 0 Å². The van der Waals surface area contributed by atoms with Crippen LogP contribution < -0.4 is 26.0 Å². The maximum atomic E-state index is 13.7. The highest BCUT2D eigenvalue weighted by atomic mass is 16.5. The van der Waals surface area contributed by atoms with Crippen LogP contribution in [0.3, 0.4) is 0 Å². The number of likely N-dealkylation sites (N-methyl/N-ethyl adjacent to an activating group) is 1. The molecule has 0 aliphatic carbocycles. The highest BCUT2D eigenvalue weighted by molar-refractivity contribution is 6.01. The summed E-state index contributed by atoms with van der Waals surface area (Å²) in [6.45, 7) is 7.27. The zero-order valence-corrected chi connectivity index (χ0v) is 29.0. The number of fused-ring (bicyclic) bond motifs is 1. The zero-order valence-electron chi connectivity index (χ0n) is 29.0. The van der Waals surface area contributed by atoms with E-state index in [2.05, 4.69) is 26.2 Å². The SMILES string of the molecule is CC(C)C[C@H]1NC(=O)C[C@@H](C(=O)NCCCCN2CCCC2)NC(=O)c2ccccc2OC[C@@H](Cc2ccccc2)NC(=O)CN(C)C1=O. The molecule has 4 rings (SSSR count). The van der Waals surface area contributed by atoms with Crippen molar-refractivity contribution in [1.82, 2.24) is 31.1 Å². The van der Waals surface area contributed by atoms with Crippen molar-refractivity contribution in [3.63, 3.8) is 0 Å². The lowest BCUT2D eigenvalue weighted by Crippen LogP contribution is -2.53. The molecule has 1 fully saturated rings. The van der Waals surface area contributed by atoms with E-state index in [1.54, 1.807) is 24.3 Å². The molecule has 2 aromatic carbocycles. The van der Waals surface area contributed by atoms with Crippen LogP contribution in [0.15, 0.2) is 54.6 Å². The molecule has 5 amide bonds. The Hall–Kier alpha value is -4.45. The summed E-state index contributed by atoms with van der Waals surface area (Å²) in [6.07, 6.45) is 4.53. The van der Waals surface area contributed by atoms with Crippen LogP contribution in [-0.4, -0.2) is 104 Å². The van der Waals surface area contributed by atoms with Crippen molar-refractivity contribution in [1.29, 1.82) is 0 Å². The summed E-state index contributed by atoms with van der Waals surface area (Å²) in [5, 5.41) is 11.4. The molecule has 2 aromatic rings. The summed E-state index contributed by atoms with van der Waals surface area (Å²) in [4.78, 5) is 71.1. The summed E-state index contributed by atoms with van der Waals surface area (Å²) in [6, 6.07) is 13.7. The van der Waals surface area contributed by atoms with E-state index in [1.165, 1.54) is 24.8 Å². The number of nitrogens with zero attached hydrogens (tertiary/aromatic N) is 2. The van der Waals surface area contributed by atoms with Gasteiger partial charge < -0.3 is 35.8 Å². The number of rotatable bonds is 10. The van der Waals surface area contributed by atoms with Gasteiger partial charge in [-0.2, -0.15) is 0 Å². The minimum atomic E-state index is -1.20. The van der Waals surface area contributed by atoms with Crippen LogP contribution in [-0.2, 0) is 25.6 Å². The Balaban J connectivity index is 1.56. The van der Waals surface area contributed by atoms with Crippen LogP contribution >= 0.6 is 0 Å². The standard InChI is InChI=1S/C37H52N6O6/c1-26(2)21-31-37(48)42(3)24-34(45)39-28(22-27-13-5-4-6-14-27)25-49-32-16-8-7-15-29(32)35(46)41-30(23-33(44)40-31)36(47)38-17-9-10-18-43-19-11-12-20-43/h4-8,13-16,26,28,30-31H,9-12,17-25H2,1-3H3,(H,38,47)(H,39,45)(H,40,44)(H,41,46)/t28-,30+,31-/m1/s1. The van der Waals surface area contributed by atoms with Crippen LogP contribution in [0.4, 0.5) is 0 Å². The third-order valence-electron chi connectivity index (χ3n) is 8.77. The van der Waals surface area contributed by atoms with Crippen LogP contribution in [0.25, 0.3) is 0 Å². The lowest BCUT2D eigenvalue weighted by molar-refractivity contribution is -0.139. The Kier molecular flexibility index (Phi) is 14.4. The third-order valence-corrected chi connectivity index (χ3v) is 8.77. The monoisotopic (exact) mass is 676 g/mol. The molecule has 12 nitrogen and oxygen atoms in total. The molecule has 4 N–H and O–H groups in total. The van der Waals surface area contributed by atoms with E-state index in [0.717, 1.165) is 38.0 Å². The number of carbonyl (C=O) groups excluding carboxylic acids is 5. The van der Waals surface area contributed by atoms with Gasteiger partial charge >= 0.3 is 0 Å². The molecule has 266 valence electrons. The molecule has 0 aromatic heterocycles. The average Bonchev–Trinajstić information content (AvgIpc) is 3.59. The Labute approximate surface area is 289 Å². The van der Waals surface area contributed by atoms with Crippen LogP contribution in [0.5, 0.6) is 5.75 Å². The smallest absolute Gasteiger partial charge is 0.255 e. The van der Waals surface area contributed by atoms with Crippen molar-refractivity contribution in [2.24, 2.45) is 5.92 Å². The first kappa shape index (κ1) is 37.4. The van der Waals surface area contributed by atoms with Gasteiger partial charge in [0.2, 0.25) is 23.6 Å². The minimum absolute atomic E-state index is 0.0416. The van der Waals surface area contributed by atoms with Crippen LogP contribution in [0.1, 0.15) is 68.3 Å². The van der Waals surface area contributed by atoms with Gasteiger partial charge in [0.05, 0.1) is 24.6 Å². The first-order chi connectivity index (χ1) is 23.6. The molecule has 3 atom stereocenters. The number of hydrogen-bond acceptors (Lipinski definition) is 7. The first-order valence-corrected chi connectivity index (χ1v) is 17.5. The topological polar surface area (TPSA) is 149 Å². The largest absolute Gasteiger partial charge is 0.491 e. The quantitative estimate of drug-likeness (QED) is 0.282. The van der Waals surface area contributed by atoms with E-state index < -0.39 is 41.8 Å². The predicted molar refractivity (Wildman–Crippen MR) is 187 cm³/mol. The van der Waals surface area contributed by atoms with Gasteiger partial charge in [0.25, 0.3) is 5.91 Å². The molecular formula is C37H52N6O6. The van der Waals surface area contributed by atoms with E-state index in [-0.39, 0.29) is 42.7 Å². The van der Waals surface area contributed by atoms with E-state index in [4.69, 9.17) is 4.74 Å². The highest BCUT2D eigenvalue weighted by Gasteiger charge is 2.31. The van der Waals surface area contributed by atoms with Gasteiger partial charge in [-0.3, -0.25) is 24.0 Å². The number of nitrogens with one attached hydrogen (secondary N) is 4. The number of unbranched alkanes of at least 4 members (excludes halogenated alkanes) is 1. The van der Waals surface area contributed by atoms with E-state index in [1.807, 2.05) is 44.2 Å². The fourth-order valence-corrected chi connectivity index (χ4v) is 6.23. The lowest BCUT2D eigenvalue weighted by Gasteiger charge is -2.27. The zero-order chi connectivity index (χ0) is 35.2. The number of benzene rings is 2. The van der Waals surface area contributed by atoms with Crippen molar-refractivity contribution in [2.75, 3.05) is 46.4 Å². The van der Waals surface area contributed by atoms with Gasteiger partial charge in [0.15, 0.2) is 0 Å². The summed E-state index contributed by atoms with van der Waals surface area (Å²) < 4.78 is 6.14. The molecule has 0 radical (unpaired) electrons. The summed E-state index contributed by atoms with van der Waals surface area (Å²) in [5.41, 5.74) is 1.16. The third kappa shape index (κ3) is 12.2. The molecule has 0 saturated carbocycles. The second-order valence-electron chi connectivity index (χ2n) is 13.5. The molecule has 2 aliphatic heterocycles. The van der Waals surface area contributed by atoms with Gasteiger partial charge in [-0.25, -0.2) is 0 Å². The number of carbonyl (C=O) groups is 5. The Morgan fingerprint density at radius 2 is 1.63 bits per heavy atom. The van der Waals surface area contributed by atoms with Crippen molar-refractivity contribution < 1.29 is 28.7 Å². The molecule has 1 saturated heterocycles. The molecule has 2 heterocycles. The number of para-hydroxylation sites is 1. The van der Waals surface area contributed by atoms with Crippen molar-refractivity contribution >= 4 is 29.5 Å². The van der Waals surface area contributed by atoms with Crippen molar-refractivity contribution in [3.05, 3.63) is 65.7 Å². The second-order valence-corrected chi connectivity index (χ2v) is 13.5. The Bertz CT molecular complexity index is 1410. The van der Waals surface area contributed by atoms with Crippen molar-refractivity contribution in [3.8, 4) is 5.75 Å². The number of ether oxygens (including phenoxy) is 1. The predicted octanol–water partition coefficient (Wildman–Crippen LogP) is 2.28. The molecule has 0 bridgehead atoms. The van der Waals surface area contributed by atoms with Gasteiger partial charge in [-0.05, 0) is 81.8 Å². The Morgan fingerprint density at radius 1 is 0.918 bits per heavy atom. The van der Waals surface area contributed by atoms with Gasteiger partial charge in [0.1, 0.15) is 24.4 Å². The lowest BCUT2D eigenvalue weighted by atomic mass is 10.0. The molecule has 49 heavy (non-hydrogen) atoms. The minimum Gasteiger partial charge on any atom is -0.491 e. The molecule has 0 spiro atoms. The van der Waals surface area contributed by atoms with Crippen LogP contribution in [0, 0.1) is 5.92 Å². The molecule has 0 unspecified atom stereocenters. The fourth-order valence-electron chi connectivity index (χ4n) is 6.23. The summed E-state index contributed by atoms with van der Waals surface area (Å²) in [7, 11) is 1.52. The maximum Gasteiger partial charge on any atom is 0.255 e. The number of likely N-dealkylation sites (tertiary alicyclic amines) is 1. The van der Waals surface area contributed by atoms with Gasteiger partial charge in [0, 0.05) is 13.6 Å². The van der Waals surface area contributed by atoms with E-state index in [9.17, 15) is 24.0 Å². The molecular weight excluding hydrogens is 624 g/mol.